The largest absolute Gasteiger partial charge is 0.369 e. The number of halogens is 1. The van der Waals surface area contributed by atoms with E-state index in [1.807, 2.05) is 0 Å². The molecule has 2 nitrogen and oxygen atoms in total. The molecular formula is C18H26BrNO. The van der Waals surface area contributed by atoms with Gasteiger partial charge in [-0.1, -0.05) is 53.7 Å². The van der Waals surface area contributed by atoms with Crippen LogP contribution in [0.4, 0.5) is 0 Å². The minimum atomic E-state index is 0.0570. The van der Waals surface area contributed by atoms with Crippen molar-refractivity contribution in [3.05, 3.63) is 34.3 Å². The number of rotatable bonds is 6. The first-order valence-electron chi connectivity index (χ1n) is 8.38. The van der Waals surface area contributed by atoms with E-state index >= 15 is 0 Å². The van der Waals surface area contributed by atoms with E-state index in [0.29, 0.717) is 0 Å². The van der Waals surface area contributed by atoms with Gasteiger partial charge in [0.15, 0.2) is 0 Å². The SMILES string of the molecule is Brc1cccc(COC2(CNC3CC3)CCCCCC2)c1. The van der Waals surface area contributed by atoms with Crippen LogP contribution in [0.15, 0.2) is 28.7 Å². The van der Waals surface area contributed by atoms with Gasteiger partial charge in [0.2, 0.25) is 0 Å². The minimum absolute atomic E-state index is 0.0570. The minimum Gasteiger partial charge on any atom is -0.369 e. The van der Waals surface area contributed by atoms with Crippen LogP contribution < -0.4 is 5.32 Å². The van der Waals surface area contributed by atoms with Gasteiger partial charge >= 0.3 is 0 Å². The van der Waals surface area contributed by atoms with E-state index in [0.717, 1.165) is 23.7 Å². The summed E-state index contributed by atoms with van der Waals surface area (Å²) in [5.74, 6) is 0. The van der Waals surface area contributed by atoms with Crippen molar-refractivity contribution in [2.45, 2.75) is 69.6 Å². The van der Waals surface area contributed by atoms with Crippen molar-refractivity contribution in [2.75, 3.05) is 6.54 Å². The zero-order valence-corrected chi connectivity index (χ0v) is 14.3. The lowest BCUT2D eigenvalue weighted by atomic mass is 9.93. The van der Waals surface area contributed by atoms with Gasteiger partial charge < -0.3 is 10.1 Å². The Morgan fingerprint density at radius 2 is 1.90 bits per heavy atom. The molecule has 0 spiro atoms. The fourth-order valence-electron chi connectivity index (χ4n) is 3.23. The first-order valence-corrected chi connectivity index (χ1v) is 9.17. The smallest absolute Gasteiger partial charge is 0.0810 e. The maximum atomic E-state index is 6.49. The molecule has 0 heterocycles. The summed E-state index contributed by atoms with van der Waals surface area (Å²) in [4.78, 5) is 0. The van der Waals surface area contributed by atoms with Gasteiger partial charge in [0.05, 0.1) is 12.2 Å². The molecule has 116 valence electrons. The first-order chi connectivity index (χ1) is 10.3. The Morgan fingerprint density at radius 1 is 1.14 bits per heavy atom. The number of benzene rings is 1. The second kappa shape index (κ2) is 7.26. The number of hydrogen-bond acceptors (Lipinski definition) is 2. The maximum Gasteiger partial charge on any atom is 0.0810 e. The topological polar surface area (TPSA) is 21.3 Å². The molecule has 1 N–H and O–H groups in total. The van der Waals surface area contributed by atoms with E-state index < -0.39 is 0 Å². The molecule has 2 saturated carbocycles. The van der Waals surface area contributed by atoms with Crippen molar-refractivity contribution in [3.8, 4) is 0 Å². The monoisotopic (exact) mass is 351 g/mol. The van der Waals surface area contributed by atoms with Gasteiger partial charge in [-0.25, -0.2) is 0 Å². The normalized spacial score (nSPS) is 22.0. The summed E-state index contributed by atoms with van der Waals surface area (Å²) in [6.45, 7) is 1.76. The highest BCUT2D eigenvalue weighted by atomic mass is 79.9. The van der Waals surface area contributed by atoms with Crippen LogP contribution in [0.1, 0.15) is 56.9 Å². The number of nitrogens with one attached hydrogen (secondary N) is 1. The lowest BCUT2D eigenvalue weighted by Crippen LogP contribution is -2.43. The van der Waals surface area contributed by atoms with E-state index in [2.05, 4.69) is 45.5 Å². The van der Waals surface area contributed by atoms with Crippen LogP contribution in [0.25, 0.3) is 0 Å². The molecule has 0 unspecified atom stereocenters. The molecule has 21 heavy (non-hydrogen) atoms. The van der Waals surface area contributed by atoms with Gasteiger partial charge in [0.1, 0.15) is 0 Å². The summed E-state index contributed by atoms with van der Waals surface area (Å²) in [5, 5.41) is 3.71. The Balaban J connectivity index is 1.62. The lowest BCUT2D eigenvalue weighted by Gasteiger charge is -2.33. The molecule has 0 aliphatic heterocycles. The lowest BCUT2D eigenvalue weighted by molar-refractivity contribution is -0.0658. The summed E-state index contributed by atoms with van der Waals surface area (Å²) in [6, 6.07) is 9.24. The van der Waals surface area contributed by atoms with Crippen molar-refractivity contribution in [1.29, 1.82) is 0 Å². The molecule has 0 saturated heterocycles. The summed E-state index contributed by atoms with van der Waals surface area (Å²) in [7, 11) is 0. The molecule has 1 aromatic carbocycles. The number of hydrogen-bond donors (Lipinski definition) is 1. The third-order valence-corrected chi connectivity index (χ3v) is 5.23. The van der Waals surface area contributed by atoms with Crippen LogP contribution in [0, 0.1) is 0 Å². The third kappa shape index (κ3) is 4.80. The third-order valence-electron chi connectivity index (χ3n) is 4.74. The zero-order chi connectivity index (χ0) is 14.5. The summed E-state index contributed by atoms with van der Waals surface area (Å²) >= 11 is 3.54. The fourth-order valence-corrected chi connectivity index (χ4v) is 3.67. The second-order valence-corrected chi connectivity index (χ2v) is 7.59. The van der Waals surface area contributed by atoms with E-state index in [4.69, 9.17) is 4.74 Å². The quantitative estimate of drug-likeness (QED) is 0.742. The Hall–Kier alpha value is -0.380. The van der Waals surface area contributed by atoms with Crippen molar-refractivity contribution in [3.63, 3.8) is 0 Å². The van der Waals surface area contributed by atoms with Crippen LogP contribution in [0.5, 0.6) is 0 Å². The van der Waals surface area contributed by atoms with Crippen molar-refractivity contribution in [2.24, 2.45) is 0 Å². The van der Waals surface area contributed by atoms with Crippen LogP contribution in [0.2, 0.25) is 0 Å². The molecule has 0 amide bonds. The molecular weight excluding hydrogens is 326 g/mol. The maximum absolute atomic E-state index is 6.49. The Labute approximate surface area is 136 Å². The van der Waals surface area contributed by atoms with Crippen LogP contribution in [-0.2, 0) is 11.3 Å². The van der Waals surface area contributed by atoms with Crippen LogP contribution >= 0.6 is 15.9 Å². The molecule has 3 rings (SSSR count). The first kappa shape index (κ1) is 15.5. The van der Waals surface area contributed by atoms with Crippen LogP contribution in [-0.4, -0.2) is 18.2 Å². The Bertz CT molecular complexity index is 450. The van der Waals surface area contributed by atoms with E-state index in [1.165, 1.54) is 56.9 Å². The molecule has 1 aromatic rings. The molecule has 0 atom stereocenters. The summed E-state index contributed by atoms with van der Waals surface area (Å²) in [5.41, 5.74) is 1.32. The van der Waals surface area contributed by atoms with Crippen molar-refractivity contribution >= 4 is 15.9 Å². The Morgan fingerprint density at radius 3 is 2.57 bits per heavy atom. The van der Waals surface area contributed by atoms with Crippen molar-refractivity contribution in [1.82, 2.24) is 5.32 Å². The predicted octanol–water partition coefficient (Wildman–Crippen LogP) is 4.81. The van der Waals surface area contributed by atoms with Gasteiger partial charge in [0, 0.05) is 17.1 Å². The van der Waals surface area contributed by atoms with Gasteiger partial charge in [-0.3, -0.25) is 0 Å². The van der Waals surface area contributed by atoms with Crippen LogP contribution in [0.3, 0.4) is 0 Å². The average molecular weight is 352 g/mol. The summed E-state index contributed by atoms with van der Waals surface area (Å²) in [6.07, 6.45) is 10.5. The highest BCUT2D eigenvalue weighted by Gasteiger charge is 2.34. The Kier molecular flexibility index (Phi) is 5.36. The summed E-state index contributed by atoms with van der Waals surface area (Å²) < 4.78 is 7.62. The van der Waals surface area contributed by atoms with E-state index in [1.54, 1.807) is 0 Å². The number of ether oxygens (including phenoxy) is 1. The average Bonchev–Trinajstić information content (AvgIpc) is 3.31. The molecule has 2 fully saturated rings. The molecule has 0 bridgehead atoms. The zero-order valence-electron chi connectivity index (χ0n) is 12.7. The molecule has 2 aliphatic carbocycles. The van der Waals surface area contributed by atoms with Gasteiger partial charge in [0.25, 0.3) is 0 Å². The van der Waals surface area contributed by atoms with Gasteiger partial charge in [-0.2, -0.15) is 0 Å². The second-order valence-electron chi connectivity index (χ2n) is 6.67. The molecule has 3 heteroatoms. The van der Waals surface area contributed by atoms with Gasteiger partial charge in [-0.15, -0.1) is 0 Å². The highest BCUT2D eigenvalue weighted by Crippen LogP contribution is 2.32. The molecule has 0 radical (unpaired) electrons. The highest BCUT2D eigenvalue weighted by molar-refractivity contribution is 9.10. The molecule has 2 aliphatic rings. The standard InChI is InChI=1S/C18H26BrNO/c19-16-7-5-6-15(12-16)13-21-18(14-20-17-8-9-17)10-3-1-2-4-11-18/h5-7,12,17,20H,1-4,8-11,13-14H2. The van der Waals surface area contributed by atoms with Crippen molar-refractivity contribution < 1.29 is 4.74 Å². The van der Waals surface area contributed by atoms with Gasteiger partial charge in [-0.05, 0) is 43.4 Å². The van der Waals surface area contributed by atoms with E-state index in [-0.39, 0.29) is 5.60 Å². The van der Waals surface area contributed by atoms with E-state index in [9.17, 15) is 0 Å². The fraction of sp³-hybridized carbons (Fsp3) is 0.667. The predicted molar refractivity (Wildman–Crippen MR) is 90.4 cm³/mol. The molecule has 0 aromatic heterocycles.